The number of anilines is 1. The topological polar surface area (TPSA) is 91.0 Å². The van der Waals surface area contributed by atoms with Crippen LogP contribution >= 0.6 is 0 Å². The van der Waals surface area contributed by atoms with Crippen molar-refractivity contribution in [2.45, 2.75) is 26.2 Å². The summed E-state index contributed by atoms with van der Waals surface area (Å²) in [6.07, 6.45) is 3.94. The fourth-order valence-electron chi connectivity index (χ4n) is 4.23. The number of nitrogens with one attached hydrogen (secondary N) is 2. The number of hydrogen-bond donors (Lipinski definition) is 2. The Morgan fingerprint density at radius 1 is 1.03 bits per heavy atom. The fourth-order valence-corrected chi connectivity index (χ4v) is 4.23. The maximum atomic E-state index is 13.0. The highest BCUT2D eigenvalue weighted by Gasteiger charge is 2.23. The summed E-state index contributed by atoms with van der Waals surface area (Å²) in [7, 11) is 0. The van der Waals surface area contributed by atoms with Crippen LogP contribution in [0.4, 0.5) is 5.69 Å². The summed E-state index contributed by atoms with van der Waals surface area (Å²) in [5.74, 6) is -0.335. The Bertz CT molecular complexity index is 1080. The molecule has 0 aliphatic carbocycles. The van der Waals surface area contributed by atoms with Crippen molar-refractivity contribution in [2.75, 3.05) is 38.0 Å². The minimum Gasteiger partial charge on any atom is -0.344 e. The van der Waals surface area contributed by atoms with E-state index in [4.69, 9.17) is 4.84 Å². The number of piperazine rings is 1. The van der Waals surface area contributed by atoms with Crippen molar-refractivity contribution in [3.05, 3.63) is 71.3 Å². The van der Waals surface area contributed by atoms with Gasteiger partial charge >= 0.3 is 5.97 Å². The SMILES string of the molecule is CC(=O)ONC(=CCCN1CCN(C(=O)c2ccc3c(c2)CCC(=O)N3)CC1)c1ccccc1. The molecule has 178 valence electrons. The number of carbonyl (C=O) groups is 3. The molecule has 8 heteroatoms. The number of nitrogens with zero attached hydrogens (tertiary/aromatic N) is 2. The predicted molar refractivity (Wildman–Crippen MR) is 130 cm³/mol. The Kier molecular flexibility index (Phi) is 7.59. The summed E-state index contributed by atoms with van der Waals surface area (Å²) >= 11 is 0. The minimum atomic E-state index is -0.397. The molecule has 2 heterocycles. The van der Waals surface area contributed by atoms with Gasteiger partial charge in [0.25, 0.3) is 5.91 Å². The van der Waals surface area contributed by atoms with Gasteiger partial charge in [-0.15, -0.1) is 0 Å². The van der Waals surface area contributed by atoms with Crippen molar-refractivity contribution < 1.29 is 19.2 Å². The minimum absolute atomic E-state index is 0.0237. The number of carbonyl (C=O) groups excluding carboxylic acids is 3. The molecule has 0 unspecified atom stereocenters. The number of benzene rings is 2. The Hall–Kier alpha value is -3.65. The van der Waals surface area contributed by atoms with Gasteiger partial charge in [0.05, 0.1) is 5.70 Å². The maximum Gasteiger partial charge on any atom is 0.329 e. The van der Waals surface area contributed by atoms with Gasteiger partial charge in [-0.05, 0) is 36.6 Å². The third kappa shape index (κ3) is 6.02. The third-order valence-electron chi connectivity index (χ3n) is 6.09. The molecular formula is C26H30N4O4. The number of fused-ring (bicyclic) bond motifs is 1. The lowest BCUT2D eigenvalue weighted by Gasteiger charge is -2.34. The van der Waals surface area contributed by atoms with Crippen molar-refractivity contribution in [3.63, 3.8) is 0 Å². The summed E-state index contributed by atoms with van der Waals surface area (Å²) < 4.78 is 0. The first-order valence-corrected chi connectivity index (χ1v) is 11.6. The zero-order valence-corrected chi connectivity index (χ0v) is 19.4. The zero-order chi connectivity index (χ0) is 23.9. The molecule has 2 aromatic rings. The number of rotatable bonds is 7. The van der Waals surface area contributed by atoms with Crippen LogP contribution in [0.5, 0.6) is 0 Å². The van der Waals surface area contributed by atoms with Crippen LogP contribution in [-0.2, 0) is 20.8 Å². The summed E-state index contributed by atoms with van der Waals surface area (Å²) in [6, 6.07) is 15.3. The molecule has 0 saturated carbocycles. The van der Waals surface area contributed by atoms with Gasteiger partial charge in [-0.2, -0.15) is 0 Å². The van der Waals surface area contributed by atoms with Crippen molar-refractivity contribution >= 4 is 29.2 Å². The smallest absolute Gasteiger partial charge is 0.329 e. The molecule has 2 aromatic carbocycles. The second-order valence-electron chi connectivity index (χ2n) is 8.52. The Balaban J connectivity index is 1.29. The molecule has 0 aromatic heterocycles. The molecule has 1 fully saturated rings. The van der Waals surface area contributed by atoms with Gasteiger partial charge < -0.3 is 15.1 Å². The van der Waals surface area contributed by atoms with Crippen LogP contribution in [0.25, 0.3) is 5.70 Å². The van der Waals surface area contributed by atoms with Crippen molar-refractivity contribution in [1.82, 2.24) is 15.3 Å². The lowest BCUT2D eigenvalue weighted by molar-refractivity contribution is -0.145. The van der Waals surface area contributed by atoms with Gasteiger partial charge in [0.1, 0.15) is 0 Å². The largest absolute Gasteiger partial charge is 0.344 e. The summed E-state index contributed by atoms with van der Waals surface area (Å²) in [6.45, 7) is 5.16. The van der Waals surface area contributed by atoms with Crippen LogP contribution in [0.2, 0.25) is 0 Å². The number of hydrogen-bond acceptors (Lipinski definition) is 6. The van der Waals surface area contributed by atoms with Gasteiger partial charge in [-0.3, -0.25) is 19.3 Å². The molecule has 8 nitrogen and oxygen atoms in total. The van der Waals surface area contributed by atoms with Crippen LogP contribution in [0.15, 0.2) is 54.6 Å². The monoisotopic (exact) mass is 462 g/mol. The first-order valence-electron chi connectivity index (χ1n) is 11.6. The lowest BCUT2D eigenvalue weighted by Crippen LogP contribution is -2.48. The third-order valence-corrected chi connectivity index (χ3v) is 6.09. The molecule has 2 aliphatic rings. The zero-order valence-electron chi connectivity index (χ0n) is 19.4. The van der Waals surface area contributed by atoms with E-state index in [0.717, 1.165) is 48.6 Å². The first-order chi connectivity index (χ1) is 16.5. The van der Waals surface area contributed by atoms with Gasteiger partial charge in [0.2, 0.25) is 5.91 Å². The van der Waals surface area contributed by atoms with E-state index in [1.807, 2.05) is 53.4 Å². The van der Waals surface area contributed by atoms with Gasteiger partial charge in [0, 0.05) is 62.9 Å². The summed E-state index contributed by atoms with van der Waals surface area (Å²) in [5, 5.41) is 2.86. The molecule has 1 saturated heterocycles. The second-order valence-corrected chi connectivity index (χ2v) is 8.52. The van der Waals surface area contributed by atoms with E-state index in [1.165, 1.54) is 6.92 Å². The van der Waals surface area contributed by atoms with E-state index in [9.17, 15) is 14.4 Å². The maximum absolute atomic E-state index is 13.0. The first kappa shape index (κ1) is 23.5. The molecule has 2 amide bonds. The van der Waals surface area contributed by atoms with Gasteiger partial charge in [-0.1, -0.05) is 36.4 Å². The molecule has 0 spiro atoms. The van der Waals surface area contributed by atoms with E-state index >= 15 is 0 Å². The quantitative estimate of drug-likeness (QED) is 0.615. The highest BCUT2D eigenvalue weighted by molar-refractivity contribution is 5.98. The average molecular weight is 463 g/mol. The molecular weight excluding hydrogens is 432 g/mol. The molecule has 34 heavy (non-hydrogen) atoms. The standard InChI is InChI=1S/C26H30N4O4/c1-19(31)34-28-24(20-6-3-2-4-7-20)8-5-13-29-14-16-30(17-15-29)26(33)22-9-11-23-21(18-22)10-12-25(32)27-23/h2-4,6-9,11,18,28H,5,10,12-17H2,1H3,(H,27,32). The van der Waals surface area contributed by atoms with E-state index in [-0.39, 0.29) is 11.8 Å². The van der Waals surface area contributed by atoms with Crippen LogP contribution in [0.3, 0.4) is 0 Å². The lowest BCUT2D eigenvalue weighted by atomic mass is 10.00. The second kappa shape index (κ2) is 11.0. The van der Waals surface area contributed by atoms with Crippen molar-refractivity contribution in [3.8, 4) is 0 Å². The number of amides is 2. The Morgan fingerprint density at radius 3 is 2.53 bits per heavy atom. The van der Waals surface area contributed by atoms with Crippen LogP contribution < -0.4 is 10.8 Å². The molecule has 0 radical (unpaired) electrons. The average Bonchev–Trinajstić information content (AvgIpc) is 2.86. The van der Waals surface area contributed by atoms with Crippen LogP contribution in [0, 0.1) is 0 Å². The van der Waals surface area contributed by atoms with Crippen molar-refractivity contribution in [1.29, 1.82) is 0 Å². The van der Waals surface area contributed by atoms with E-state index in [0.29, 0.717) is 31.5 Å². The number of aryl methyl sites for hydroxylation is 1. The van der Waals surface area contributed by atoms with E-state index in [2.05, 4.69) is 15.7 Å². The van der Waals surface area contributed by atoms with E-state index < -0.39 is 5.97 Å². The van der Waals surface area contributed by atoms with Gasteiger partial charge in [0.15, 0.2) is 0 Å². The molecule has 4 rings (SSSR count). The molecule has 0 bridgehead atoms. The van der Waals surface area contributed by atoms with Crippen LogP contribution in [-0.4, -0.2) is 60.3 Å². The Morgan fingerprint density at radius 2 is 1.79 bits per heavy atom. The Labute approximate surface area is 199 Å². The normalized spacial score (nSPS) is 16.4. The van der Waals surface area contributed by atoms with Crippen molar-refractivity contribution in [2.24, 2.45) is 0 Å². The highest BCUT2D eigenvalue weighted by atomic mass is 16.7. The van der Waals surface area contributed by atoms with Gasteiger partial charge in [-0.25, -0.2) is 5.48 Å². The highest BCUT2D eigenvalue weighted by Crippen LogP contribution is 2.24. The predicted octanol–water partition coefficient (Wildman–Crippen LogP) is 2.83. The summed E-state index contributed by atoms with van der Waals surface area (Å²) in [5.41, 5.74) is 6.97. The van der Waals surface area contributed by atoms with E-state index in [1.54, 1.807) is 6.07 Å². The number of hydroxylamine groups is 1. The molecule has 2 aliphatic heterocycles. The summed E-state index contributed by atoms with van der Waals surface area (Å²) in [4.78, 5) is 45.0. The fraction of sp³-hybridized carbons (Fsp3) is 0.346. The molecule has 2 N–H and O–H groups in total. The van der Waals surface area contributed by atoms with Crippen LogP contribution in [0.1, 0.15) is 41.3 Å². The molecule has 0 atom stereocenters.